The van der Waals surface area contributed by atoms with E-state index >= 15 is 0 Å². The molecule has 25 heavy (non-hydrogen) atoms. The normalized spacial score (nSPS) is 18.8. The molecule has 6 heteroatoms. The quantitative estimate of drug-likeness (QED) is 0.784. The van der Waals surface area contributed by atoms with Gasteiger partial charge < -0.3 is 9.88 Å². The van der Waals surface area contributed by atoms with Gasteiger partial charge in [0.05, 0.1) is 22.3 Å². The van der Waals surface area contributed by atoms with E-state index in [0.29, 0.717) is 0 Å². The summed E-state index contributed by atoms with van der Waals surface area (Å²) in [5.74, 6) is 1.07. The second-order valence-electron chi connectivity index (χ2n) is 6.60. The number of hydrogen-bond acceptors (Lipinski definition) is 4. The first kappa shape index (κ1) is 16.5. The van der Waals surface area contributed by atoms with Gasteiger partial charge in [-0.15, -0.1) is 0 Å². The Bertz CT molecular complexity index is 904. The van der Waals surface area contributed by atoms with E-state index in [9.17, 15) is 0 Å². The maximum absolute atomic E-state index is 6.67. The predicted octanol–water partition coefficient (Wildman–Crippen LogP) is 3.08. The summed E-state index contributed by atoms with van der Waals surface area (Å²) in [6, 6.07) is 8.40. The molecule has 1 fully saturated rings. The van der Waals surface area contributed by atoms with E-state index in [2.05, 4.69) is 38.8 Å². The molecule has 130 valence electrons. The molecule has 0 spiro atoms. The average Bonchev–Trinajstić information content (AvgIpc) is 3.06. The fourth-order valence-electron chi connectivity index (χ4n) is 3.60. The van der Waals surface area contributed by atoms with Crippen molar-refractivity contribution in [3.05, 3.63) is 58.8 Å². The van der Waals surface area contributed by atoms with Crippen molar-refractivity contribution in [2.75, 3.05) is 19.6 Å². The van der Waals surface area contributed by atoms with Gasteiger partial charge in [-0.25, -0.2) is 9.97 Å². The molecule has 0 saturated carbocycles. The minimum Gasteiger partial charge on any atom is -0.337 e. The van der Waals surface area contributed by atoms with Crippen LogP contribution in [0.2, 0.25) is 5.02 Å². The first-order valence-electron chi connectivity index (χ1n) is 8.61. The number of para-hydroxylation sites is 1. The molecular weight excluding hydrogens is 334 g/mol. The number of benzene rings is 1. The number of imidazole rings is 1. The number of pyridine rings is 1. The van der Waals surface area contributed by atoms with Crippen LogP contribution in [0.3, 0.4) is 0 Å². The number of halogens is 1. The highest BCUT2D eigenvalue weighted by atomic mass is 35.5. The van der Waals surface area contributed by atoms with Crippen molar-refractivity contribution in [2.45, 2.75) is 19.5 Å². The smallest absolute Gasteiger partial charge is 0.127 e. The molecule has 0 radical (unpaired) electrons. The zero-order valence-corrected chi connectivity index (χ0v) is 15.3. The monoisotopic (exact) mass is 355 g/mol. The molecule has 1 unspecified atom stereocenters. The van der Waals surface area contributed by atoms with E-state index in [1.54, 1.807) is 0 Å². The second-order valence-corrected chi connectivity index (χ2v) is 6.98. The van der Waals surface area contributed by atoms with Gasteiger partial charge in [0.1, 0.15) is 5.82 Å². The number of nitrogens with zero attached hydrogens (tertiary/aromatic N) is 4. The Morgan fingerprint density at radius 3 is 2.96 bits per heavy atom. The summed E-state index contributed by atoms with van der Waals surface area (Å²) in [5.41, 5.74) is 3.05. The number of nitrogens with one attached hydrogen (secondary N) is 1. The molecule has 0 aliphatic carbocycles. The SMILES string of the molecule is Cc1c(Cl)c(CN2CCNCC2c2nccn2C)nc2ccccc12. The van der Waals surface area contributed by atoms with Crippen LogP contribution >= 0.6 is 11.6 Å². The van der Waals surface area contributed by atoms with Gasteiger partial charge in [0, 0.05) is 51.0 Å². The zero-order valence-electron chi connectivity index (χ0n) is 14.5. The zero-order chi connectivity index (χ0) is 17.4. The molecule has 1 atom stereocenters. The Balaban J connectivity index is 1.69. The molecule has 1 aliphatic rings. The van der Waals surface area contributed by atoms with Crippen molar-refractivity contribution in [3.63, 3.8) is 0 Å². The summed E-state index contributed by atoms with van der Waals surface area (Å²) in [6.07, 6.45) is 3.85. The minimum absolute atomic E-state index is 0.221. The second kappa shape index (κ2) is 6.75. The first-order valence-corrected chi connectivity index (χ1v) is 8.98. The van der Waals surface area contributed by atoms with Gasteiger partial charge in [0.2, 0.25) is 0 Å². The third-order valence-electron chi connectivity index (χ3n) is 5.01. The lowest BCUT2D eigenvalue weighted by Crippen LogP contribution is -2.46. The van der Waals surface area contributed by atoms with Crippen LogP contribution in [-0.4, -0.2) is 39.1 Å². The van der Waals surface area contributed by atoms with Crippen LogP contribution in [0.15, 0.2) is 36.7 Å². The Hall–Kier alpha value is -1.95. The van der Waals surface area contributed by atoms with E-state index in [4.69, 9.17) is 16.6 Å². The Morgan fingerprint density at radius 1 is 1.32 bits per heavy atom. The van der Waals surface area contributed by atoms with Gasteiger partial charge in [-0.05, 0) is 18.6 Å². The van der Waals surface area contributed by atoms with Gasteiger partial charge in [-0.2, -0.15) is 0 Å². The first-order chi connectivity index (χ1) is 12.1. The van der Waals surface area contributed by atoms with Crippen molar-refractivity contribution >= 4 is 22.5 Å². The maximum Gasteiger partial charge on any atom is 0.127 e. The molecule has 0 bridgehead atoms. The number of aryl methyl sites for hydroxylation is 2. The van der Waals surface area contributed by atoms with Crippen LogP contribution in [0.25, 0.3) is 10.9 Å². The maximum atomic E-state index is 6.67. The van der Waals surface area contributed by atoms with E-state index < -0.39 is 0 Å². The molecule has 3 heterocycles. The summed E-state index contributed by atoms with van der Waals surface area (Å²) >= 11 is 6.67. The fraction of sp³-hybridized carbons (Fsp3) is 0.368. The molecule has 2 aromatic heterocycles. The summed E-state index contributed by atoms with van der Waals surface area (Å²) in [5, 5.41) is 5.37. The Labute approximate surface area is 152 Å². The third kappa shape index (κ3) is 3.03. The van der Waals surface area contributed by atoms with E-state index in [0.717, 1.165) is 59.2 Å². The van der Waals surface area contributed by atoms with E-state index in [-0.39, 0.29) is 6.04 Å². The summed E-state index contributed by atoms with van der Waals surface area (Å²) in [7, 11) is 2.04. The lowest BCUT2D eigenvalue weighted by Gasteiger charge is -2.35. The number of aromatic nitrogens is 3. The average molecular weight is 356 g/mol. The standard InChI is InChI=1S/C19H22ClN5/c1-13-14-5-3-4-6-15(14)23-16(18(13)20)12-25-10-7-21-11-17(25)19-22-8-9-24(19)2/h3-6,8-9,17,21H,7,10-12H2,1-2H3. The highest BCUT2D eigenvalue weighted by Crippen LogP contribution is 2.30. The molecule has 5 nitrogen and oxygen atoms in total. The molecular formula is C19H22ClN5. The molecule has 4 rings (SSSR count). The van der Waals surface area contributed by atoms with Gasteiger partial charge in [0.15, 0.2) is 0 Å². The number of hydrogen-bond donors (Lipinski definition) is 1. The van der Waals surface area contributed by atoms with Gasteiger partial charge in [0.25, 0.3) is 0 Å². The predicted molar refractivity (Wildman–Crippen MR) is 101 cm³/mol. The molecule has 1 aromatic carbocycles. The lowest BCUT2D eigenvalue weighted by atomic mass is 10.1. The number of piperazine rings is 1. The van der Waals surface area contributed by atoms with Crippen molar-refractivity contribution in [1.29, 1.82) is 0 Å². The topological polar surface area (TPSA) is 46.0 Å². The molecule has 1 saturated heterocycles. The van der Waals surface area contributed by atoms with Crippen LogP contribution in [0.4, 0.5) is 0 Å². The van der Waals surface area contributed by atoms with Gasteiger partial charge in [-0.1, -0.05) is 29.8 Å². The Kier molecular flexibility index (Phi) is 4.46. The summed E-state index contributed by atoms with van der Waals surface area (Å²) in [6.45, 7) is 5.59. The van der Waals surface area contributed by atoms with Gasteiger partial charge >= 0.3 is 0 Å². The van der Waals surface area contributed by atoms with Crippen LogP contribution in [0.5, 0.6) is 0 Å². The fourth-order valence-corrected chi connectivity index (χ4v) is 3.81. The van der Waals surface area contributed by atoms with E-state index in [1.807, 2.05) is 31.6 Å². The molecule has 3 aromatic rings. The number of rotatable bonds is 3. The number of fused-ring (bicyclic) bond motifs is 1. The van der Waals surface area contributed by atoms with Crippen LogP contribution in [0, 0.1) is 6.92 Å². The van der Waals surface area contributed by atoms with Crippen LogP contribution in [-0.2, 0) is 13.6 Å². The van der Waals surface area contributed by atoms with Crippen molar-refractivity contribution in [2.24, 2.45) is 7.05 Å². The highest BCUT2D eigenvalue weighted by molar-refractivity contribution is 6.32. The van der Waals surface area contributed by atoms with Gasteiger partial charge in [-0.3, -0.25) is 4.90 Å². The minimum atomic E-state index is 0.221. The highest BCUT2D eigenvalue weighted by Gasteiger charge is 2.28. The molecule has 1 N–H and O–H groups in total. The van der Waals surface area contributed by atoms with Crippen molar-refractivity contribution in [3.8, 4) is 0 Å². The van der Waals surface area contributed by atoms with Crippen molar-refractivity contribution < 1.29 is 0 Å². The van der Waals surface area contributed by atoms with Crippen LogP contribution in [0.1, 0.15) is 23.1 Å². The largest absolute Gasteiger partial charge is 0.337 e. The molecule has 0 amide bonds. The van der Waals surface area contributed by atoms with Crippen molar-refractivity contribution in [1.82, 2.24) is 24.8 Å². The van der Waals surface area contributed by atoms with Crippen LogP contribution < -0.4 is 5.32 Å². The third-order valence-corrected chi connectivity index (χ3v) is 5.51. The Morgan fingerprint density at radius 2 is 2.16 bits per heavy atom. The summed E-state index contributed by atoms with van der Waals surface area (Å²) < 4.78 is 2.09. The van der Waals surface area contributed by atoms with E-state index in [1.165, 1.54) is 0 Å². The summed E-state index contributed by atoms with van der Waals surface area (Å²) in [4.78, 5) is 11.8. The lowest BCUT2D eigenvalue weighted by molar-refractivity contribution is 0.143. The molecule has 1 aliphatic heterocycles.